The van der Waals surface area contributed by atoms with Crippen molar-refractivity contribution in [2.24, 2.45) is 0 Å². The second-order valence-corrected chi connectivity index (χ2v) is 5.51. The molecule has 3 rings (SSSR count). The molecule has 22 heavy (non-hydrogen) atoms. The molecule has 1 N–H and O–H groups in total. The van der Waals surface area contributed by atoms with Crippen LogP contribution in [0.1, 0.15) is 47.1 Å². The number of hydrogen-bond acceptors (Lipinski definition) is 4. The lowest BCUT2D eigenvalue weighted by molar-refractivity contribution is 0.0600. The smallest absolute Gasteiger partial charge is 0.254 e. The number of likely N-dealkylation sites (tertiary alicyclic amines) is 1. The Labute approximate surface area is 129 Å². The van der Waals surface area contributed by atoms with Crippen LogP contribution in [0, 0.1) is 0 Å². The van der Waals surface area contributed by atoms with E-state index in [1.165, 1.54) is 6.33 Å². The summed E-state index contributed by atoms with van der Waals surface area (Å²) in [6.45, 7) is 1.26. The highest BCUT2D eigenvalue weighted by molar-refractivity contribution is 5.94. The van der Waals surface area contributed by atoms with Crippen LogP contribution in [0.4, 0.5) is 0 Å². The molecule has 6 nitrogen and oxygen atoms in total. The van der Waals surface area contributed by atoms with Crippen molar-refractivity contribution in [3.05, 3.63) is 47.5 Å². The maximum atomic E-state index is 12.9. The molecule has 116 valence electrons. The summed E-state index contributed by atoms with van der Waals surface area (Å²) in [5.41, 5.74) is 1.70. The van der Waals surface area contributed by atoms with E-state index in [9.17, 15) is 4.79 Å². The molecule has 0 aliphatic carbocycles. The molecule has 1 aromatic heterocycles. The van der Waals surface area contributed by atoms with Crippen LogP contribution in [0.5, 0.6) is 0 Å². The summed E-state index contributed by atoms with van der Waals surface area (Å²) in [5, 5.41) is 6.81. The number of nitrogens with one attached hydrogen (secondary N) is 1. The molecule has 2 heterocycles. The first-order valence-corrected chi connectivity index (χ1v) is 7.53. The van der Waals surface area contributed by atoms with Crippen LogP contribution >= 0.6 is 0 Å². The fraction of sp³-hybridized carbons (Fsp3) is 0.438. The molecule has 1 unspecified atom stereocenters. The summed E-state index contributed by atoms with van der Waals surface area (Å²) < 4.78 is 5.14. The Kier molecular flexibility index (Phi) is 4.48. The van der Waals surface area contributed by atoms with E-state index in [1.807, 2.05) is 29.2 Å². The van der Waals surface area contributed by atoms with E-state index >= 15 is 0 Å². The van der Waals surface area contributed by atoms with Crippen LogP contribution in [-0.2, 0) is 11.3 Å². The van der Waals surface area contributed by atoms with Crippen LogP contribution in [0.3, 0.4) is 0 Å². The van der Waals surface area contributed by atoms with E-state index in [0.29, 0.717) is 12.2 Å². The largest absolute Gasteiger partial charge is 0.380 e. The van der Waals surface area contributed by atoms with Gasteiger partial charge < -0.3 is 9.64 Å². The van der Waals surface area contributed by atoms with Gasteiger partial charge in [0.1, 0.15) is 12.2 Å². The first kappa shape index (κ1) is 14.7. The number of aromatic nitrogens is 3. The number of hydrogen-bond donors (Lipinski definition) is 1. The van der Waals surface area contributed by atoms with Gasteiger partial charge in [0.2, 0.25) is 0 Å². The zero-order chi connectivity index (χ0) is 15.4. The Bertz CT molecular complexity index is 627. The van der Waals surface area contributed by atoms with Gasteiger partial charge in [-0.3, -0.25) is 9.89 Å². The van der Waals surface area contributed by atoms with E-state index < -0.39 is 0 Å². The fourth-order valence-electron chi connectivity index (χ4n) is 2.96. The number of ether oxygens (including phenoxy) is 1. The van der Waals surface area contributed by atoms with Gasteiger partial charge in [0.05, 0.1) is 12.6 Å². The molecule has 1 saturated heterocycles. The average molecular weight is 300 g/mol. The maximum absolute atomic E-state index is 12.9. The summed E-state index contributed by atoms with van der Waals surface area (Å²) in [4.78, 5) is 19.0. The van der Waals surface area contributed by atoms with Gasteiger partial charge in [-0.1, -0.05) is 12.1 Å². The van der Waals surface area contributed by atoms with Gasteiger partial charge in [-0.25, -0.2) is 4.98 Å². The third-order valence-electron chi connectivity index (χ3n) is 4.00. The molecule has 2 aromatic rings. The molecule has 1 fully saturated rings. The van der Waals surface area contributed by atoms with Gasteiger partial charge in [-0.2, -0.15) is 5.10 Å². The highest BCUT2D eigenvalue weighted by Gasteiger charge is 2.30. The minimum Gasteiger partial charge on any atom is -0.380 e. The predicted octanol–water partition coefficient (Wildman–Crippen LogP) is 2.32. The molecule has 0 spiro atoms. The van der Waals surface area contributed by atoms with Crippen molar-refractivity contribution in [2.75, 3.05) is 13.7 Å². The lowest BCUT2D eigenvalue weighted by Gasteiger charge is -2.34. The average Bonchev–Trinajstić information content (AvgIpc) is 3.09. The Hall–Kier alpha value is -2.21. The van der Waals surface area contributed by atoms with Crippen molar-refractivity contribution in [3.8, 4) is 0 Å². The predicted molar refractivity (Wildman–Crippen MR) is 81.2 cm³/mol. The van der Waals surface area contributed by atoms with Crippen molar-refractivity contribution < 1.29 is 9.53 Å². The number of amides is 1. The highest BCUT2D eigenvalue weighted by Crippen LogP contribution is 2.30. The summed E-state index contributed by atoms with van der Waals surface area (Å²) in [5.74, 6) is 0.806. The Morgan fingerprint density at radius 3 is 3.14 bits per heavy atom. The van der Waals surface area contributed by atoms with Crippen molar-refractivity contribution >= 4 is 5.91 Å². The molecule has 1 amide bonds. The Balaban J connectivity index is 1.84. The molecule has 0 saturated carbocycles. The minimum atomic E-state index is -0.0187. The second-order valence-electron chi connectivity index (χ2n) is 5.51. The third-order valence-corrected chi connectivity index (χ3v) is 4.00. The van der Waals surface area contributed by atoms with Crippen molar-refractivity contribution in [2.45, 2.75) is 31.9 Å². The molecule has 6 heteroatoms. The van der Waals surface area contributed by atoms with Crippen molar-refractivity contribution in [3.63, 3.8) is 0 Å². The van der Waals surface area contributed by atoms with Crippen molar-refractivity contribution in [1.82, 2.24) is 20.1 Å². The molecule has 1 aliphatic heterocycles. The first-order chi connectivity index (χ1) is 10.8. The van der Waals surface area contributed by atoms with Crippen molar-refractivity contribution in [1.29, 1.82) is 0 Å². The quantitative estimate of drug-likeness (QED) is 0.940. The zero-order valence-corrected chi connectivity index (χ0v) is 12.7. The Morgan fingerprint density at radius 2 is 2.36 bits per heavy atom. The summed E-state index contributed by atoms with van der Waals surface area (Å²) in [6, 6.07) is 7.60. The Morgan fingerprint density at radius 1 is 1.45 bits per heavy atom. The minimum absolute atomic E-state index is 0.0187. The fourth-order valence-corrected chi connectivity index (χ4v) is 2.96. The topological polar surface area (TPSA) is 71.1 Å². The van der Waals surface area contributed by atoms with Crippen LogP contribution in [0.2, 0.25) is 0 Å². The summed E-state index contributed by atoms with van der Waals surface area (Å²) in [7, 11) is 1.65. The normalized spacial score (nSPS) is 18.4. The van der Waals surface area contributed by atoms with Gasteiger partial charge in [-0.15, -0.1) is 0 Å². The van der Waals surface area contributed by atoms with E-state index in [1.54, 1.807) is 7.11 Å². The number of carbonyl (C=O) groups excluding carboxylic acids is 1. The monoisotopic (exact) mass is 300 g/mol. The summed E-state index contributed by atoms with van der Waals surface area (Å²) >= 11 is 0. The molecular formula is C16H20N4O2. The summed E-state index contributed by atoms with van der Waals surface area (Å²) in [6.07, 6.45) is 4.53. The van der Waals surface area contributed by atoms with Crippen LogP contribution in [0.15, 0.2) is 30.6 Å². The number of nitrogens with zero attached hydrogens (tertiary/aromatic N) is 3. The van der Waals surface area contributed by atoms with Crippen LogP contribution in [-0.4, -0.2) is 39.6 Å². The van der Waals surface area contributed by atoms with Gasteiger partial charge in [0, 0.05) is 19.2 Å². The number of aromatic amines is 1. The molecule has 0 radical (unpaired) electrons. The maximum Gasteiger partial charge on any atom is 0.254 e. The van der Waals surface area contributed by atoms with E-state index in [-0.39, 0.29) is 11.9 Å². The second kappa shape index (κ2) is 6.70. The van der Waals surface area contributed by atoms with Gasteiger partial charge in [0.25, 0.3) is 5.91 Å². The standard InChI is InChI=1S/C16H20N4O2/c1-22-10-12-5-4-6-13(9-12)16(21)20-8-3-2-7-14(20)15-17-11-18-19-15/h4-6,9,11,14H,2-3,7-8,10H2,1H3,(H,17,18,19). The number of carbonyl (C=O) groups is 1. The first-order valence-electron chi connectivity index (χ1n) is 7.53. The number of methoxy groups -OCH3 is 1. The van der Waals surface area contributed by atoms with E-state index in [2.05, 4.69) is 15.2 Å². The van der Waals surface area contributed by atoms with Gasteiger partial charge in [0.15, 0.2) is 0 Å². The SMILES string of the molecule is COCc1cccc(C(=O)N2CCCCC2c2ncn[nH]2)c1. The molecular weight excluding hydrogens is 280 g/mol. The van der Waals surface area contributed by atoms with E-state index in [4.69, 9.17) is 4.74 Å². The lowest BCUT2D eigenvalue weighted by Crippen LogP contribution is -2.39. The molecule has 0 bridgehead atoms. The zero-order valence-electron chi connectivity index (χ0n) is 12.7. The number of rotatable bonds is 4. The van der Waals surface area contributed by atoms with Crippen LogP contribution in [0.25, 0.3) is 0 Å². The van der Waals surface area contributed by atoms with Gasteiger partial charge in [-0.05, 0) is 37.0 Å². The lowest BCUT2D eigenvalue weighted by atomic mass is 9.99. The molecule has 1 aliphatic rings. The third kappa shape index (κ3) is 3.01. The number of H-pyrrole nitrogens is 1. The number of piperidine rings is 1. The van der Waals surface area contributed by atoms with Gasteiger partial charge >= 0.3 is 0 Å². The molecule has 1 atom stereocenters. The van der Waals surface area contributed by atoms with Crippen LogP contribution < -0.4 is 0 Å². The van der Waals surface area contributed by atoms with E-state index in [0.717, 1.165) is 37.2 Å². The highest BCUT2D eigenvalue weighted by atomic mass is 16.5. The number of benzene rings is 1. The molecule has 1 aromatic carbocycles.